The van der Waals surface area contributed by atoms with E-state index in [1.54, 1.807) is 0 Å². The number of hydrogen-bond acceptors (Lipinski definition) is 1. The average Bonchev–Trinajstić information content (AvgIpc) is 2.37. The van der Waals surface area contributed by atoms with Gasteiger partial charge in [0.2, 0.25) is 0 Å². The lowest BCUT2D eigenvalue weighted by molar-refractivity contribution is 0.768. The van der Waals surface area contributed by atoms with Crippen molar-refractivity contribution in [1.29, 1.82) is 0 Å². The highest BCUT2D eigenvalue weighted by atomic mass is 32.1. The Balaban J connectivity index is 2.45. The summed E-state index contributed by atoms with van der Waals surface area (Å²) in [5, 5.41) is 0. The van der Waals surface area contributed by atoms with Crippen LogP contribution in [-0.2, 0) is 0 Å². The minimum absolute atomic E-state index is 0.656. The zero-order valence-corrected chi connectivity index (χ0v) is 6.57. The standard InChI is InChI=1S/C8H12S/c1-7(6-9)8-4-2-3-5-8/h2-4,7,9H,5-6H2,1H3/t7-/m0/s1. The lowest BCUT2D eigenvalue weighted by atomic mass is 10.0. The summed E-state index contributed by atoms with van der Waals surface area (Å²) < 4.78 is 0. The normalized spacial score (nSPS) is 20.0. The molecule has 0 N–H and O–H groups in total. The molecule has 0 aromatic heterocycles. The topological polar surface area (TPSA) is 0 Å². The number of allylic oxidation sites excluding steroid dienone is 4. The first kappa shape index (κ1) is 6.94. The molecule has 0 amide bonds. The van der Waals surface area contributed by atoms with E-state index >= 15 is 0 Å². The van der Waals surface area contributed by atoms with Gasteiger partial charge in [0.25, 0.3) is 0 Å². The molecule has 0 spiro atoms. The summed E-state index contributed by atoms with van der Waals surface area (Å²) in [4.78, 5) is 0. The van der Waals surface area contributed by atoms with Crippen LogP contribution in [0.25, 0.3) is 0 Å². The molecule has 0 saturated heterocycles. The largest absolute Gasteiger partial charge is 0.179 e. The summed E-state index contributed by atoms with van der Waals surface area (Å²) in [7, 11) is 0. The number of hydrogen-bond donors (Lipinski definition) is 1. The van der Waals surface area contributed by atoms with E-state index in [1.807, 2.05) is 0 Å². The van der Waals surface area contributed by atoms with Gasteiger partial charge in [-0.1, -0.05) is 30.7 Å². The van der Waals surface area contributed by atoms with Crippen molar-refractivity contribution in [1.82, 2.24) is 0 Å². The van der Waals surface area contributed by atoms with E-state index in [2.05, 4.69) is 37.8 Å². The molecule has 9 heavy (non-hydrogen) atoms. The second-order valence-corrected chi connectivity index (χ2v) is 2.82. The molecule has 0 saturated carbocycles. The molecule has 1 atom stereocenters. The van der Waals surface area contributed by atoms with Crippen LogP contribution in [0.1, 0.15) is 13.3 Å². The minimum Gasteiger partial charge on any atom is -0.179 e. The molecule has 0 bridgehead atoms. The molecule has 1 aliphatic rings. The summed E-state index contributed by atoms with van der Waals surface area (Å²) in [5.74, 6) is 1.62. The maximum Gasteiger partial charge on any atom is -0.00346 e. The Morgan fingerprint density at radius 1 is 1.78 bits per heavy atom. The van der Waals surface area contributed by atoms with Gasteiger partial charge in [-0.05, 0) is 18.1 Å². The van der Waals surface area contributed by atoms with Crippen LogP contribution < -0.4 is 0 Å². The first-order valence-electron chi connectivity index (χ1n) is 3.31. The van der Waals surface area contributed by atoms with Gasteiger partial charge in [0.05, 0.1) is 0 Å². The first-order valence-corrected chi connectivity index (χ1v) is 3.94. The molecule has 0 fully saturated rings. The third kappa shape index (κ3) is 1.62. The highest BCUT2D eigenvalue weighted by Gasteiger charge is 2.06. The molecular weight excluding hydrogens is 128 g/mol. The zero-order chi connectivity index (χ0) is 6.69. The molecule has 0 aromatic rings. The molecule has 1 aliphatic carbocycles. The molecule has 50 valence electrons. The minimum atomic E-state index is 0.656. The Labute approximate surface area is 62.1 Å². The van der Waals surface area contributed by atoms with E-state index in [1.165, 1.54) is 5.57 Å². The van der Waals surface area contributed by atoms with Gasteiger partial charge in [0, 0.05) is 0 Å². The quantitative estimate of drug-likeness (QED) is 0.560. The zero-order valence-electron chi connectivity index (χ0n) is 5.67. The van der Waals surface area contributed by atoms with E-state index in [-0.39, 0.29) is 0 Å². The van der Waals surface area contributed by atoms with Crippen LogP contribution in [-0.4, -0.2) is 5.75 Å². The smallest absolute Gasteiger partial charge is 0.00346 e. The monoisotopic (exact) mass is 140 g/mol. The van der Waals surface area contributed by atoms with Gasteiger partial charge in [0.15, 0.2) is 0 Å². The molecule has 0 radical (unpaired) electrons. The molecule has 0 unspecified atom stereocenters. The molecule has 0 aromatic carbocycles. The van der Waals surface area contributed by atoms with Gasteiger partial charge in [0.1, 0.15) is 0 Å². The maximum atomic E-state index is 4.22. The van der Waals surface area contributed by atoms with Crippen molar-refractivity contribution in [2.75, 3.05) is 5.75 Å². The van der Waals surface area contributed by atoms with Crippen molar-refractivity contribution in [3.05, 3.63) is 23.8 Å². The molecule has 0 nitrogen and oxygen atoms in total. The lowest BCUT2D eigenvalue weighted by Gasteiger charge is -2.07. The first-order chi connectivity index (χ1) is 4.34. The maximum absolute atomic E-state index is 4.22. The fourth-order valence-electron chi connectivity index (χ4n) is 0.947. The third-order valence-corrected chi connectivity index (χ3v) is 2.25. The summed E-state index contributed by atoms with van der Waals surface area (Å²) >= 11 is 4.22. The Hall–Kier alpha value is -0.170. The molecule has 1 heteroatoms. The highest BCUT2D eigenvalue weighted by Crippen LogP contribution is 2.20. The summed E-state index contributed by atoms with van der Waals surface area (Å²) in [5.41, 5.74) is 1.52. The van der Waals surface area contributed by atoms with Crippen LogP contribution in [0.2, 0.25) is 0 Å². The summed E-state index contributed by atoms with van der Waals surface area (Å²) in [6, 6.07) is 0. The molecule has 0 heterocycles. The van der Waals surface area contributed by atoms with Crippen molar-refractivity contribution >= 4 is 12.6 Å². The van der Waals surface area contributed by atoms with Crippen LogP contribution in [0.5, 0.6) is 0 Å². The second-order valence-electron chi connectivity index (χ2n) is 2.46. The van der Waals surface area contributed by atoms with Crippen LogP contribution in [0.4, 0.5) is 0 Å². The Morgan fingerprint density at radius 3 is 3.00 bits per heavy atom. The Bertz CT molecular complexity index is 145. The fourth-order valence-corrected chi connectivity index (χ4v) is 1.18. The van der Waals surface area contributed by atoms with E-state index in [0.717, 1.165) is 12.2 Å². The lowest BCUT2D eigenvalue weighted by Crippen LogP contribution is -1.97. The van der Waals surface area contributed by atoms with E-state index in [4.69, 9.17) is 0 Å². The van der Waals surface area contributed by atoms with Crippen molar-refractivity contribution in [2.24, 2.45) is 5.92 Å². The van der Waals surface area contributed by atoms with Crippen molar-refractivity contribution < 1.29 is 0 Å². The Morgan fingerprint density at radius 2 is 2.56 bits per heavy atom. The van der Waals surface area contributed by atoms with Crippen LogP contribution in [0.3, 0.4) is 0 Å². The number of thiol groups is 1. The number of rotatable bonds is 2. The van der Waals surface area contributed by atoms with E-state index < -0.39 is 0 Å². The van der Waals surface area contributed by atoms with Crippen molar-refractivity contribution in [3.8, 4) is 0 Å². The van der Waals surface area contributed by atoms with E-state index in [9.17, 15) is 0 Å². The fraction of sp³-hybridized carbons (Fsp3) is 0.500. The summed E-state index contributed by atoms with van der Waals surface area (Å²) in [6.07, 6.45) is 7.65. The molecule has 0 aliphatic heterocycles. The molecular formula is C8H12S. The SMILES string of the molecule is C[C@@H](CS)C1=CC=CC1. The summed E-state index contributed by atoms with van der Waals surface area (Å²) in [6.45, 7) is 2.21. The van der Waals surface area contributed by atoms with Gasteiger partial charge in [-0.3, -0.25) is 0 Å². The van der Waals surface area contributed by atoms with Gasteiger partial charge in [-0.2, -0.15) is 12.6 Å². The van der Waals surface area contributed by atoms with Crippen LogP contribution >= 0.6 is 12.6 Å². The average molecular weight is 140 g/mol. The van der Waals surface area contributed by atoms with Crippen molar-refractivity contribution in [2.45, 2.75) is 13.3 Å². The van der Waals surface area contributed by atoms with Gasteiger partial charge < -0.3 is 0 Å². The van der Waals surface area contributed by atoms with Crippen molar-refractivity contribution in [3.63, 3.8) is 0 Å². The van der Waals surface area contributed by atoms with E-state index in [0.29, 0.717) is 5.92 Å². The predicted octanol–water partition coefficient (Wildman–Crippen LogP) is 2.44. The third-order valence-electron chi connectivity index (χ3n) is 1.71. The van der Waals surface area contributed by atoms with Gasteiger partial charge in [-0.25, -0.2) is 0 Å². The van der Waals surface area contributed by atoms with Crippen LogP contribution in [0.15, 0.2) is 23.8 Å². The van der Waals surface area contributed by atoms with Gasteiger partial charge in [-0.15, -0.1) is 0 Å². The Kier molecular flexibility index (Phi) is 2.40. The molecule has 1 rings (SSSR count). The highest BCUT2D eigenvalue weighted by molar-refractivity contribution is 7.80. The predicted molar refractivity (Wildman–Crippen MR) is 44.9 cm³/mol. The second kappa shape index (κ2) is 3.11. The van der Waals surface area contributed by atoms with Crippen LogP contribution in [0, 0.1) is 5.92 Å². The van der Waals surface area contributed by atoms with Gasteiger partial charge >= 0.3 is 0 Å².